The Bertz CT molecular complexity index is 1000. The van der Waals surface area contributed by atoms with Crippen LogP contribution in [0.15, 0.2) is 6.07 Å². The number of fused-ring (bicyclic) bond motifs is 3. The molecule has 0 saturated heterocycles. The number of benzene rings is 1. The van der Waals surface area contributed by atoms with Crippen LogP contribution in [0, 0.1) is 24.2 Å². The molecule has 1 aromatic carbocycles. The van der Waals surface area contributed by atoms with E-state index in [9.17, 15) is 20.0 Å². The van der Waals surface area contributed by atoms with E-state index in [-0.39, 0.29) is 24.2 Å². The lowest BCUT2D eigenvalue weighted by molar-refractivity contribution is -0.143. The molecular formula is C22H26N2O5. The van der Waals surface area contributed by atoms with Crippen molar-refractivity contribution in [3.63, 3.8) is 0 Å². The number of nitriles is 1. The van der Waals surface area contributed by atoms with Gasteiger partial charge in [0.2, 0.25) is 0 Å². The number of esters is 1. The molecule has 1 aromatic heterocycles. The second-order valence-corrected chi connectivity index (χ2v) is 7.45. The van der Waals surface area contributed by atoms with Crippen LogP contribution in [0.25, 0.3) is 10.9 Å². The average Bonchev–Trinajstić information content (AvgIpc) is 3.10. The van der Waals surface area contributed by atoms with Crippen LogP contribution >= 0.6 is 0 Å². The molecule has 0 radical (unpaired) electrons. The van der Waals surface area contributed by atoms with Crippen molar-refractivity contribution in [1.82, 2.24) is 4.98 Å². The van der Waals surface area contributed by atoms with E-state index in [1.54, 1.807) is 13.8 Å². The van der Waals surface area contributed by atoms with Crippen LogP contribution in [-0.4, -0.2) is 35.2 Å². The second kappa shape index (κ2) is 8.26. The fraction of sp³-hybridized carbons (Fsp3) is 0.500. The van der Waals surface area contributed by atoms with E-state index >= 15 is 0 Å². The predicted octanol–water partition coefficient (Wildman–Crippen LogP) is 4.00. The highest BCUT2D eigenvalue weighted by Gasteiger charge is 2.34. The van der Waals surface area contributed by atoms with E-state index in [4.69, 9.17) is 9.47 Å². The molecule has 0 saturated carbocycles. The molecule has 0 fully saturated rings. The highest BCUT2D eigenvalue weighted by atomic mass is 16.5. The van der Waals surface area contributed by atoms with Crippen LogP contribution in [0.4, 0.5) is 0 Å². The van der Waals surface area contributed by atoms with Crippen LogP contribution < -0.4 is 0 Å². The number of aromatic nitrogens is 1. The Morgan fingerprint density at radius 1 is 1.45 bits per heavy atom. The molecule has 3 atom stereocenters. The normalized spacial score (nSPS) is 18.0. The van der Waals surface area contributed by atoms with Crippen molar-refractivity contribution in [3.05, 3.63) is 34.0 Å². The van der Waals surface area contributed by atoms with Crippen molar-refractivity contribution in [3.8, 4) is 6.07 Å². The molecule has 2 N–H and O–H groups in total. The van der Waals surface area contributed by atoms with E-state index in [0.717, 1.165) is 23.1 Å². The van der Waals surface area contributed by atoms with Crippen molar-refractivity contribution in [2.24, 2.45) is 5.92 Å². The number of nitrogens with one attached hydrogen (secondary N) is 1. The van der Waals surface area contributed by atoms with Gasteiger partial charge in [0.15, 0.2) is 5.92 Å². The summed E-state index contributed by atoms with van der Waals surface area (Å²) in [6.45, 7) is 8.29. The lowest BCUT2D eigenvalue weighted by Gasteiger charge is -2.28. The number of ether oxygens (including phenoxy) is 2. The number of carboxylic acids is 1. The molecule has 0 spiro atoms. The summed E-state index contributed by atoms with van der Waals surface area (Å²) in [6.07, 6.45) is 1.41. The molecule has 3 unspecified atom stereocenters. The minimum Gasteiger partial charge on any atom is -0.478 e. The first-order valence-electron chi connectivity index (χ1n) is 9.94. The van der Waals surface area contributed by atoms with Gasteiger partial charge < -0.3 is 19.6 Å². The summed E-state index contributed by atoms with van der Waals surface area (Å²) < 4.78 is 11.1. The fourth-order valence-electron chi connectivity index (χ4n) is 4.09. The van der Waals surface area contributed by atoms with Gasteiger partial charge in [0.25, 0.3) is 0 Å². The van der Waals surface area contributed by atoms with Crippen LogP contribution in [0.3, 0.4) is 0 Å². The van der Waals surface area contributed by atoms with Gasteiger partial charge in [-0.3, -0.25) is 4.79 Å². The van der Waals surface area contributed by atoms with Crippen molar-refractivity contribution in [2.45, 2.75) is 52.6 Å². The van der Waals surface area contributed by atoms with Crippen LogP contribution in [0.1, 0.15) is 72.0 Å². The molecule has 0 aliphatic carbocycles. The van der Waals surface area contributed by atoms with Crippen LogP contribution in [0.5, 0.6) is 0 Å². The third kappa shape index (κ3) is 3.49. The second-order valence-electron chi connectivity index (χ2n) is 7.45. The van der Waals surface area contributed by atoms with E-state index in [2.05, 4.69) is 18.8 Å². The molecule has 7 heteroatoms. The van der Waals surface area contributed by atoms with Gasteiger partial charge in [0.1, 0.15) is 6.10 Å². The first kappa shape index (κ1) is 20.9. The monoisotopic (exact) mass is 398 g/mol. The minimum atomic E-state index is -1.19. The molecule has 7 nitrogen and oxygen atoms in total. The summed E-state index contributed by atoms with van der Waals surface area (Å²) in [6, 6.07) is 3.46. The lowest BCUT2D eigenvalue weighted by Crippen LogP contribution is -2.21. The molecule has 3 rings (SSSR count). The van der Waals surface area contributed by atoms with Gasteiger partial charge in [0.05, 0.1) is 30.4 Å². The summed E-state index contributed by atoms with van der Waals surface area (Å²) in [5.74, 6) is -2.70. The maximum absolute atomic E-state index is 12.5. The minimum absolute atomic E-state index is 0.0663. The van der Waals surface area contributed by atoms with Gasteiger partial charge in [-0.1, -0.05) is 20.3 Å². The average molecular weight is 398 g/mol. The first-order valence-corrected chi connectivity index (χ1v) is 9.94. The molecule has 1 aliphatic heterocycles. The molecule has 2 aromatic rings. The van der Waals surface area contributed by atoms with Crippen molar-refractivity contribution >= 4 is 22.8 Å². The Labute approximate surface area is 169 Å². The SMILES string of the molecule is CCOC(=O)C(C#N)c1cc(C(=O)O)c(C)c2[nH]c3c(c12)CCOC3C(C)CC. The third-order valence-corrected chi connectivity index (χ3v) is 5.79. The van der Waals surface area contributed by atoms with Gasteiger partial charge >= 0.3 is 11.9 Å². The summed E-state index contributed by atoms with van der Waals surface area (Å²) in [4.78, 5) is 27.7. The largest absolute Gasteiger partial charge is 0.478 e. The number of hydrogen-bond acceptors (Lipinski definition) is 5. The molecular weight excluding hydrogens is 372 g/mol. The summed E-state index contributed by atoms with van der Waals surface area (Å²) in [7, 11) is 0. The van der Waals surface area contributed by atoms with Gasteiger partial charge in [-0.05, 0) is 48.9 Å². The summed E-state index contributed by atoms with van der Waals surface area (Å²) in [5.41, 5.74) is 3.58. The zero-order chi connectivity index (χ0) is 21.3. The van der Waals surface area contributed by atoms with E-state index < -0.39 is 17.9 Å². The Balaban J connectivity index is 2.35. The van der Waals surface area contributed by atoms with E-state index in [1.807, 2.05) is 6.07 Å². The molecule has 1 aliphatic rings. The number of aromatic amines is 1. The zero-order valence-electron chi connectivity index (χ0n) is 17.2. The smallest absolute Gasteiger partial charge is 0.336 e. The van der Waals surface area contributed by atoms with Crippen LogP contribution in [-0.2, 0) is 20.7 Å². The van der Waals surface area contributed by atoms with E-state index in [1.165, 1.54) is 6.07 Å². The molecule has 2 heterocycles. The number of carbonyl (C=O) groups excluding carboxylic acids is 1. The lowest BCUT2D eigenvalue weighted by atomic mass is 9.87. The van der Waals surface area contributed by atoms with Gasteiger partial charge in [0, 0.05) is 11.1 Å². The van der Waals surface area contributed by atoms with Crippen molar-refractivity contribution in [1.29, 1.82) is 5.26 Å². The maximum atomic E-state index is 12.5. The van der Waals surface area contributed by atoms with Gasteiger partial charge in [-0.2, -0.15) is 5.26 Å². The molecule has 0 bridgehead atoms. The molecule has 0 amide bonds. The van der Waals surface area contributed by atoms with E-state index in [0.29, 0.717) is 29.7 Å². The third-order valence-electron chi connectivity index (χ3n) is 5.79. The Morgan fingerprint density at radius 3 is 2.76 bits per heavy atom. The number of carbonyl (C=O) groups is 2. The first-order chi connectivity index (χ1) is 13.8. The molecule has 154 valence electrons. The quantitative estimate of drug-likeness (QED) is 0.711. The number of rotatable bonds is 6. The Morgan fingerprint density at radius 2 is 2.17 bits per heavy atom. The number of hydrogen-bond donors (Lipinski definition) is 2. The number of carboxylic acid groups (broad SMARTS) is 1. The van der Waals surface area contributed by atoms with Gasteiger partial charge in [-0.25, -0.2) is 4.79 Å². The Kier molecular flexibility index (Phi) is 5.94. The Hall–Kier alpha value is -2.85. The van der Waals surface area contributed by atoms with Gasteiger partial charge in [-0.15, -0.1) is 0 Å². The number of nitrogens with zero attached hydrogens (tertiary/aromatic N) is 1. The predicted molar refractivity (Wildman–Crippen MR) is 107 cm³/mol. The van der Waals surface area contributed by atoms with Crippen molar-refractivity contribution in [2.75, 3.05) is 13.2 Å². The highest BCUT2D eigenvalue weighted by Crippen LogP contribution is 2.42. The van der Waals surface area contributed by atoms with Crippen LogP contribution in [0.2, 0.25) is 0 Å². The van der Waals surface area contributed by atoms with Crippen molar-refractivity contribution < 1.29 is 24.2 Å². The number of aromatic carboxylic acids is 1. The summed E-state index contributed by atoms with van der Waals surface area (Å²) >= 11 is 0. The number of H-pyrrole nitrogens is 1. The zero-order valence-corrected chi connectivity index (χ0v) is 17.2. The highest BCUT2D eigenvalue weighted by molar-refractivity contribution is 6.02. The fourth-order valence-corrected chi connectivity index (χ4v) is 4.09. The standard InChI is InChI=1S/C22H26N2O5/c1-5-11(3)20-19-13(7-8-29-20)17-15(16(10-23)22(27)28-6-2)9-14(21(25)26)12(4)18(17)24-19/h9,11,16,20,24H,5-8H2,1-4H3,(H,25,26). The summed E-state index contributed by atoms with van der Waals surface area (Å²) in [5, 5.41) is 20.2. The molecule has 29 heavy (non-hydrogen) atoms. The topological polar surface area (TPSA) is 112 Å². The number of aryl methyl sites for hydroxylation is 1. The maximum Gasteiger partial charge on any atom is 0.336 e.